The fourth-order valence-corrected chi connectivity index (χ4v) is 5.01. The molecule has 0 spiro atoms. The molecule has 1 aliphatic rings. The molecule has 0 aromatic heterocycles. The lowest BCUT2D eigenvalue weighted by Crippen LogP contribution is -2.41. The predicted octanol–water partition coefficient (Wildman–Crippen LogP) is 4.31. The second-order valence-electron chi connectivity index (χ2n) is 6.64. The second kappa shape index (κ2) is 5.88. The van der Waals surface area contributed by atoms with Crippen LogP contribution >= 0.6 is 11.8 Å². The standard InChI is InChI=1S/C17H27NS/c1-12-8-13(2)10-14(9-12)11-19-15-6-7-17(3,4)16(15)18-5/h8-10,15-16,18H,6-7,11H2,1-5H3. The van der Waals surface area contributed by atoms with E-state index in [2.05, 4.69) is 70.0 Å². The molecule has 1 N–H and O–H groups in total. The molecule has 0 radical (unpaired) electrons. The molecule has 1 fully saturated rings. The average molecular weight is 277 g/mol. The lowest BCUT2D eigenvalue weighted by atomic mass is 9.87. The molecule has 1 saturated carbocycles. The summed E-state index contributed by atoms with van der Waals surface area (Å²) in [5, 5.41) is 4.29. The van der Waals surface area contributed by atoms with E-state index in [-0.39, 0.29) is 0 Å². The summed E-state index contributed by atoms with van der Waals surface area (Å²) in [4.78, 5) is 0. The van der Waals surface area contributed by atoms with Gasteiger partial charge in [0, 0.05) is 17.0 Å². The zero-order valence-corrected chi connectivity index (χ0v) is 13.7. The molecule has 0 amide bonds. The third kappa shape index (κ3) is 3.55. The first-order valence-corrected chi connectivity index (χ1v) is 8.33. The minimum Gasteiger partial charge on any atom is -0.315 e. The number of rotatable bonds is 4. The van der Waals surface area contributed by atoms with Crippen molar-refractivity contribution >= 4 is 11.8 Å². The van der Waals surface area contributed by atoms with Crippen LogP contribution in [0.15, 0.2) is 18.2 Å². The number of hydrogen-bond donors (Lipinski definition) is 1. The molecule has 106 valence electrons. The van der Waals surface area contributed by atoms with E-state index in [4.69, 9.17) is 0 Å². The van der Waals surface area contributed by atoms with Crippen molar-refractivity contribution < 1.29 is 0 Å². The Morgan fingerprint density at radius 3 is 2.42 bits per heavy atom. The van der Waals surface area contributed by atoms with Gasteiger partial charge in [0.15, 0.2) is 0 Å². The maximum absolute atomic E-state index is 3.54. The smallest absolute Gasteiger partial charge is 0.0234 e. The summed E-state index contributed by atoms with van der Waals surface area (Å²) in [6.07, 6.45) is 2.68. The maximum Gasteiger partial charge on any atom is 0.0234 e. The number of thioether (sulfide) groups is 1. The molecule has 2 rings (SSSR count). The van der Waals surface area contributed by atoms with E-state index in [0.717, 1.165) is 11.0 Å². The summed E-state index contributed by atoms with van der Waals surface area (Å²) in [5.74, 6) is 1.14. The van der Waals surface area contributed by atoms with Crippen LogP contribution in [-0.2, 0) is 5.75 Å². The van der Waals surface area contributed by atoms with Gasteiger partial charge in [-0.1, -0.05) is 43.2 Å². The Kier molecular flexibility index (Phi) is 4.62. The van der Waals surface area contributed by atoms with Crippen LogP contribution in [0.3, 0.4) is 0 Å². The largest absolute Gasteiger partial charge is 0.315 e. The van der Waals surface area contributed by atoms with Crippen molar-refractivity contribution in [2.24, 2.45) is 5.41 Å². The lowest BCUT2D eigenvalue weighted by molar-refractivity contribution is 0.300. The molecule has 1 aromatic carbocycles. The van der Waals surface area contributed by atoms with Crippen molar-refractivity contribution in [3.05, 3.63) is 34.9 Å². The van der Waals surface area contributed by atoms with Crippen molar-refractivity contribution in [3.63, 3.8) is 0 Å². The molecular weight excluding hydrogens is 250 g/mol. The van der Waals surface area contributed by atoms with Gasteiger partial charge in [-0.05, 0) is 44.7 Å². The summed E-state index contributed by atoms with van der Waals surface area (Å²) < 4.78 is 0. The van der Waals surface area contributed by atoms with Crippen LogP contribution in [0.4, 0.5) is 0 Å². The number of hydrogen-bond acceptors (Lipinski definition) is 2. The van der Waals surface area contributed by atoms with Gasteiger partial charge in [0.05, 0.1) is 0 Å². The number of benzene rings is 1. The van der Waals surface area contributed by atoms with E-state index < -0.39 is 0 Å². The zero-order valence-electron chi connectivity index (χ0n) is 12.9. The topological polar surface area (TPSA) is 12.0 Å². The molecule has 1 aliphatic carbocycles. The third-order valence-electron chi connectivity index (χ3n) is 4.34. The van der Waals surface area contributed by atoms with E-state index in [1.54, 1.807) is 0 Å². The van der Waals surface area contributed by atoms with Gasteiger partial charge >= 0.3 is 0 Å². The highest BCUT2D eigenvalue weighted by Crippen LogP contribution is 2.43. The zero-order chi connectivity index (χ0) is 14.0. The summed E-state index contributed by atoms with van der Waals surface area (Å²) in [6.45, 7) is 9.17. The molecule has 1 aromatic rings. The Morgan fingerprint density at radius 1 is 1.21 bits per heavy atom. The highest BCUT2D eigenvalue weighted by molar-refractivity contribution is 7.99. The molecule has 2 unspecified atom stereocenters. The SMILES string of the molecule is CNC1C(SCc2cc(C)cc(C)c2)CCC1(C)C. The van der Waals surface area contributed by atoms with Crippen molar-refractivity contribution in [3.8, 4) is 0 Å². The first kappa shape index (κ1) is 14.9. The van der Waals surface area contributed by atoms with E-state index in [1.165, 1.54) is 29.5 Å². The first-order valence-electron chi connectivity index (χ1n) is 7.28. The van der Waals surface area contributed by atoms with E-state index in [1.807, 2.05) is 0 Å². The van der Waals surface area contributed by atoms with Gasteiger partial charge in [-0.15, -0.1) is 0 Å². The van der Waals surface area contributed by atoms with Gasteiger partial charge in [0.1, 0.15) is 0 Å². The first-order chi connectivity index (χ1) is 8.92. The fourth-order valence-electron chi connectivity index (χ4n) is 3.45. The van der Waals surface area contributed by atoms with Crippen LogP contribution in [-0.4, -0.2) is 18.3 Å². The summed E-state index contributed by atoms with van der Waals surface area (Å²) in [5.41, 5.74) is 4.68. The fraction of sp³-hybridized carbons (Fsp3) is 0.647. The van der Waals surface area contributed by atoms with Gasteiger partial charge in [-0.2, -0.15) is 11.8 Å². The van der Waals surface area contributed by atoms with Crippen molar-refractivity contribution in [1.82, 2.24) is 5.32 Å². The van der Waals surface area contributed by atoms with Crippen LogP contribution in [0, 0.1) is 19.3 Å². The van der Waals surface area contributed by atoms with E-state index in [0.29, 0.717) is 11.5 Å². The van der Waals surface area contributed by atoms with Crippen molar-refractivity contribution in [1.29, 1.82) is 0 Å². The van der Waals surface area contributed by atoms with Gasteiger partial charge in [-0.25, -0.2) is 0 Å². The second-order valence-corrected chi connectivity index (χ2v) is 7.87. The third-order valence-corrected chi connectivity index (χ3v) is 5.78. The summed E-state index contributed by atoms with van der Waals surface area (Å²) in [7, 11) is 2.11. The molecule has 19 heavy (non-hydrogen) atoms. The van der Waals surface area contributed by atoms with Crippen LogP contribution in [0.1, 0.15) is 43.4 Å². The van der Waals surface area contributed by atoms with Crippen LogP contribution in [0.2, 0.25) is 0 Å². The van der Waals surface area contributed by atoms with Gasteiger partial charge in [0.2, 0.25) is 0 Å². The Bertz CT molecular complexity index is 419. The highest BCUT2D eigenvalue weighted by Gasteiger charge is 2.40. The number of nitrogens with one attached hydrogen (secondary N) is 1. The minimum absolute atomic E-state index is 0.439. The average Bonchev–Trinajstić information content (AvgIpc) is 2.60. The van der Waals surface area contributed by atoms with E-state index in [9.17, 15) is 0 Å². The minimum atomic E-state index is 0.439. The number of aryl methyl sites for hydroxylation is 2. The molecule has 0 heterocycles. The molecular formula is C17H27NS. The molecule has 1 nitrogen and oxygen atoms in total. The summed E-state index contributed by atoms with van der Waals surface area (Å²) >= 11 is 2.13. The Labute approximate surface area is 122 Å². The Morgan fingerprint density at radius 2 is 1.84 bits per heavy atom. The van der Waals surface area contributed by atoms with Crippen LogP contribution in [0.25, 0.3) is 0 Å². The monoisotopic (exact) mass is 277 g/mol. The molecule has 0 bridgehead atoms. The van der Waals surface area contributed by atoms with Crippen molar-refractivity contribution in [2.45, 2.75) is 57.6 Å². The highest BCUT2D eigenvalue weighted by atomic mass is 32.2. The predicted molar refractivity (Wildman–Crippen MR) is 86.9 cm³/mol. The molecule has 0 saturated heterocycles. The van der Waals surface area contributed by atoms with Crippen LogP contribution < -0.4 is 5.32 Å². The molecule has 2 heteroatoms. The lowest BCUT2D eigenvalue weighted by Gasteiger charge is -2.30. The van der Waals surface area contributed by atoms with Crippen molar-refractivity contribution in [2.75, 3.05) is 7.05 Å². The quantitative estimate of drug-likeness (QED) is 0.880. The normalized spacial score (nSPS) is 25.7. The van der Waals surface area contributed by atoms with Gasteiger partial charge < -0.3 is 5.32 Å². The summed E-state index contributed by atoms with van der Waals surface area (Å²) in [6, 6.07) is 7.55. The van der Waals surface area contributed by atoms with Gasteiger partial charge in [-0.3, -0.25) is 0 Å². The van der Waals surface area contributed by atoms with Gasteiger partial charge in [0.25, 0.3) is 0 Å². The van der Waals surface area contributed by atoms with Crippen LogP contribution in [0.5, 0.6) is 0 Å². The van der Waals surface area contributed by atoms with E-state index >= 15 is 0 Å². The molecule has 0 aliphatic heterocycles. The maximum atomic E-state index is 3.54. The Hall–Kier alpha value is -0.470. The molecule has 2 atom stereocenters. The Balaban J connectivity index is 1.99.